The molecule has 0 aliphatic rings. The lowest BCUT2D eigenvalue weighted by atomic mass is 10.1. The van der Waals surface area contributed by atoms with E-state index in [-0.39, 0.29) is 5.82 Å². The first-order valence-electron chi connectivity index (χ1n) is 8.62. The fraction of sp³-hybridized carbons (Fsp3) is 0.200. The van der Waals surface area contributed by atoms with Crippen molar-refractivity contribution in [3.8, 4) is 0 Å². The normalized spacial score (nSPS) is 12.8. The van der Waals surface area contributed by atoms with Gasteiger partial charge in [0.1, 0.15) is 11.6 Å². The van der Waals surface area contributed by atoms with Crippen LogP contribution in [0.3, 0.4) is 0 Å². The number of nitrogens with one attached hydrogen (secondary N) is 1. The summed E-state index contributed by atoms with van der Waals surface area (Å²) in [4.78, 5) is 17.4. The van der Waals surface area contributed by atoms with Crippen LogP contribution in [-0.2, 0) is 0 Å². The number of benzene rings is 2. The van der Waals surface area contributed by atoms with E-state index in [9.17, 15) is 18.0 Å². The number of alkyl halides is 2. The van der Waals surface area contributed by atoms with E-state index in [1.165, 1.54) is 17.4 Å². The zero-order valence-corrected chi connectivity index (χ0v) is 15.9. The highest BCUT2D eigenvalue weighted by atomic mass is 32.1. The minimum atomic E-state index is -2.79. The van der Waals surface area contributed by atoms with Crippen molar-refractivity contribution in [2.75, 3.05) is 0 Å². The Morgan fingerprint density at radius 3 is 2.64 bits per heavy atom. The Labute approximate surface area is 162 Å². The smallest absolute Gasteiger partial charge is 0.320 e. The molecule has 0 saturated carbocycles. The van der Waals surface area contributed by atoms with Crippen molar-refractivity contribution in [3.63, 3.8) is 0 Å². The standard InChI is InChI=1S/C20H16F3N3OS/c1-10-16-12(21)6-5-9-15(16)28-17(10)19(27)24-11(2)18-25-13-7-3-4-8-14(13)26(18)20(22)23/h3-9,11,20H,1-2H3,(H,24,27). The molecule has 144 valence electrons. The number of imidazole rings is 1. The average Bonchev–Trinajstić information content (AvgIpc) is 3.21. The first-order valence-corrected chi connectivity index (χ1v) is 9.43. The third-order valence-corrected chi connectivity index (χ3v) is 5.92. The quantitative estimate of drug-likeness (QED) is 0.483. The minimum Gasteiger partial charge on any atom is -0.342 e. The second-order valence-electron chi connectivity index (χ2n) is 6.47. The third kappa shape index (κ3) is 2.93. The highest BCUT2D eigenvalue weighted by Gasteiger charge is 2.25. The van der Waals surface area contributed by atoms with Gasteiger partial charge in [-0.15, -0.1) is 11.3 Å². The van der Waals surface area contributed by atoms with Crippen LogP contribution in [0.25, 0.3) is 21.1 Å². The van der Waals surface area contributed by atoms with Crippen molar-refractivity contribution in [1.29, 1.82) is 0 Å². The molecule has 0 radical (unpaired) electrons. The molecule has 1 amide bonds. The van der Waals surface area contributed by atoms with E-state index in [1.54, 1.807) is 50.2 Å². The van der Waals surface area contributed by atoms with E-state index in [1.807, 2.05) is 0 Å². The molecule has 0 aliphatic carbocycles. The molecule has 4 aromatic rings. The second kappa shape index (κ2) is 6.94. The zero-order chi connectivity index (χ0) is 20.0. The molecule has 0 fully saturated rings. The molecule has 1 N–H and O–H groups in total. The van der Waals surface area contributed by atoms with Gasteiger partial charge in [-0.3, -0.25) is 9.36 Å². The topological polar surface area (TPSA) is 46.9 Å². The minimum absolute atomic E-state index is 0.0643. The SMILES string of the molecule is Cc1c(C(=O)NC(C)c2nc3ccccc3n2C(F)F)sc2cccc(F)c12. The molecule has 2 heterocycles. The third-order valence-electron chi connectivity index (χ3n) is 4.66. The number of halogens is 3. The summed E-state index contributed by atoms with van der Waals surface area (Å²) in [5.41, 5.74) is 1.26. The van der Waals surface area contributed by atoms with Crippen LogP contribution in [0.2, 0.25) is 0 Å². The fourth-order valence-corrected chi connectivity index (χ4v) is 4.50. The van der Waals surface area contributed by atoms with Gasteiger partial charge in [-0.1, -0.05) is 18.2 Å². The number of carbonyl (C=O) groups excluding carboxylic acids is 1. The molecule has 2 aromatic carbocycles. The van der Waals surface area contributed by atoms with Crippen molar-refractivity contribution < 1.29 is 18.0 Å². The molecule has 2 aromatic heterocycles. The molecule has 1 atom stereocenters. The van der Waals surface area contributed by atoms with Crippen LogP contribution in [0, 0.1) is 12.7 Å². The Morgan fingerprint density at radius 1 is 1.18 bits per heavy atom. The van der Waals surface area contributed by atoms with Crippen molar-refractivity contribution in [2.45, 2.75) is 26.4 Å². The molecule has 4 nitrogen and oxygen atoms in total. The van der Waals surface area contributed by atoms with E-state index >= 15 is 0 Å². The van der Waals surface area contributed by atoms with Gasteiger partial charge in [0, 0.05) is 10.1 Å². The summed E-state index contributed by atoms with van der Waals surface area (Å²) in [5, 5.41) is 3.13. The number of hydrogen-bond acceptors (Lipinski definition) is 3. The van der Waals surface area contributed by atoms with E-state index in [2.05, 4.69) is 10.3 Å². The number of para-hydroxylation sites is 2. The number of carbonyl (C=O) groups is 1. The van der Waals surface area contributed by atoms with Crippen molar-refractivity contribution in [3.05, 3.63) is 64.5 Å². The number of nitrogens with zero attached hydrogens (tertiary/aromatic N) is 2. The number of thiophene rings is 1. The average molecular weight is 403 g/mol. The van der Waals surface area contributed by atoms with Crippen LogP contribution in [0.4, 0.5) is 13.2 Å². The number of hydrogen-bond donors (Lipinski definition) is 1. The molecule has 0 saturated heterocycles. The Balaban J connectivity index is 1.69. The van der Waals surface area contributed by atoms with Gasteiger partial charge in [0.25, 0.3) is 5.91 Å². The van der Waals surface area contributed by atoms with Crippen LogP contribution in [0.15, 0.2) is 42.5 Å². The van der Waals surface area contributed by atoms with E-state index in [0.29, 0.717) is 31.6 Å². The highest BCUT2D eigenvalue weighted by Crippen LogP contribution is 2.33. The van der Waals surface area contributed by atoms with Crippen LogP contribution < -0.4 is 5.32 Å². The Hall–Kier alpha value is -2.87. The fourth-order valence-electron chi connectivity index (χ4n) is 3.37. The number of fused-ring (bicyclic) bond motifs is 2. The van der Waals surface area contributed by atoms with Gasteiger partial charge in [0.15, 0.2) is 0 Å². The number of amides is 1. The first-order chi connectivity index (χ1) is 13.4. The van der Waals surface area contributed by atoms with Gasteiger partial charge in [-0.2, -0.15) is 8.78 Å². The predicted octanol–water partition coefficient (Wildman–Crippen LogP) is 5.58. The maximum atomic E-state index is 14.1. The summed E-state index contributed by atoms with van der Waals surface area (Å²) in [7, 11) is 0. The first kappa shape index (κ1) is 18.5. The lowest BCUT2D eigenvalue weighted by Gasteiger charge is -2.15. The van der Waals surface area contributed by atoms with Gasteiger partial charge in [-0.25, -0.2) is 9.37 Å². The van der Waals surface area contributed by atoms with E-state index in [0.717, 1.165) is 4.57 Å². The molecular weight excluding hydrogens is 387 g/mol. The summed E-state index contributed by atoms with van der Waals surface area (Å²) in [6, 6.07) is 10.5. The Morgan fingerprint density at radius 2 is 1.93 bits per heavy atom. The number of aryl methyl sites for hydroxylation is 1. The zero-order valence-electron chi connectivity index (χ0n) is 15.0. The molecule has 0 bridgehead atoms. The van der Waals surface area contributed by atoms with Crippen LogP contribution in [0.1, 0.15) is 40.6 Å². The van der Waals surface area contributed by atoms with Crippen LogP contribution in [0.5, 0.6) is 0 Å². The van der Waals surface area contributed by atoms with Gasteiger partial charge >= 0.3 is 6.55 Å². The number of rotatable bonds is 4. The van der Waals surface area contributed by atoms with Crippen molar-refractivity contribution in [1.82, 2.24) is 14.9 Å². The molecule has 0 aliphatic heterocycles. The van der Waals surface area contributed by atoms with Gasteiger partial charge < -0.3 is 5.32 Å². The molecular formula is C20H16F3N3OS. The molecule has 4 rings (SSSR count). The maximum absolute atomic E-state index is 14.1. The molecule has 28 heavy (non-hydrogen) atoms. The van der Waals surface area contributed by atoms with Crippen molar-refractivity contribution >= 4 is 38.4 Å². The molecule has 0 spiro atoms. The van der Waals surface area contributed by atoms with Gasteiger partial charge in [0.05, 0.1) is 22.0 Å². The lowest BCUT2D eigenvalue weighted by Crippen LogP contribution is -2.28. The highest BCUT2D eigenvalue weighted by molar-refractivity contribution is 7.21. The summed E-state index contributed by atoms with van der Waals surface area (Å²) < 4.78 is 42.8. The summed E-state index contributed by atoms with van der Waals surface area (Å²) >= 11 is 1.17. The summed E-state index contributed by atoms with van der Waals surface area (Å²) in [5.74, 6) is -0.772. The van der Waals surface area contributed by atoms with Gasteiger partial charge in [0.2, 0.25) is 0 Å². The maximum Gasteiger partial charge on any atom is 0.320 e. The van der Waals surface area contributed by atoms with Crippen LogP contribution in [-0.4, -0.2) is 15.5 Å². The predicted molar refractivity (Wildman–Crippen MR) is 103 cm³/mol. The largest absolute Gasteiger partial charge is 0.342 e. The summed E-state index contributed by atoms with van der Waals surface area (Å²) in [6.45, 7) is 0.485. The van der Waals surface area contributed by atoms with Gasteiger partial charge in [-0.05, 0) is 43.7 Å². The summed E-state index contributed by atoms with van der Waals surface area (Å²) in [6.07, 6.45) is 0. The van der Waals surface area contributed by atoms with Crippen molar-refractivity contribution in [2.24, 2.45) is 0 Å². The van der Waals surface area contributed by atoms with E-state index < -0.39 is 24.3 Å². The lowest BCUT2D eigenvalue weighted by molar-refractivity contribution is 0.0688. The Kier molecular flexibility index (Phi) is 4.58. The monoisotopic (exact) mass is 403 g/mol. The second-order valence-corrected chi connectivity index (χ2v) is 7.52. The Bertz CT molecular complexity index is 1200. The number of aromatic nitrogens is 2. The molecule has 8 heteroatoms. The molecule has 1 unspecified atom stereocenters. The van der Waals surface area contributed by atoms with E-state index in [4.69, 9.17) is 0 Å². The van der Waals surface area contributed by atoms with Crippen LogP contribution >= 0.6 is 11.3 Å².